The van der Waals surface area contributed by atoms with Gasteiger partial charge in [-0.3, -0.25) is 14.3 Å². The van der Waals surface area contributed by atoms with Gasteiger partial charge < -0.3 is 19.9 Å². The quantitative estimate of drug-likeness (QED) is 0.385. The molecule has 0 spiro atoms. The fraction of sp³-hybridized carbons (Fsp3) is 0.538. The number of anilines is 3. The third kappa shape index (κ3) is 7.06. The maximum Gasteiger partial charge on any atom is 0.274 e. The Morgan fingerprint density at radius 2 is 1.90 bits per heavy atom. The Morgan fingerprint density at radius 3 is 2.54 bits per heavy atom. The number of aromatic nitrogens is 1. The van der Waals surface area contributed by atoms with Crippen molar-refractivity contribution in [1.29, 1.82) is 0 Å². The Balaban J connectivity index is 1.61. The van der Waals surface area contributed by atoms with Gasteiger partial charge in [0.05, 0.1) is 37.4 Å². The molecule has 1 saturated heterocycles. The molecule has 1 aliphatic carbocycles. The van der Waals surface area contributed by atoms with Crippen LogP contribution in [0.3, 0.4) is 0 Å². The SMILES string of the molecule is C[Si]1(C)CCN(c2cc(NS(=O)(=O)CCO)ccc2C(=O)Nc2cccn([C@H]3CC[C@@H](C(F)F)C3)c2=O)CC1. The number of hydrogen-bond acceptors (Lipinski definition) is 6. The fourth-order valence-electron chi connectivity index (χ4n) is 5.31. The summed E-state index contributed by atoms with van der Waals surface area (Å²) in [4.78, 5) is 28.7. The van der Waals surface area contributed by atoms with Crippen LogP contribution in [0, 0.1) is 5.92 Å². The lowest BCUT2D eigenvalue weighted by Crippen LogP contribution is -2.43. The Kier molecular flexibility index (Phi) is 8.81. The van der Waals surface area contributed by atoms with E-state index in [1.165, 1.54) is 22.8 Å². The number of nitrogens with zero attached hydrogens (tertiary/aromatic N) is 2. The van der Waals surface area contributed by atoms with Crippen LogP contribution in [-0.2, 0) is 10.0 Å². The van der Waals surface area contributed by atoms with E-state index in [0.29, 0.717) is 18.5 Å². The van der Waals surface area contributed by atoms with E-state index in [2.05, 4.69) is 28.0 Å². The Morgan fingerprint density at radius 1 is 1.18 bits per heavy atom. The number of alkyl halides is 2. The van der Waals surface area contributed by atoms with Gasteiger partial charge in [0, 0.05) is 31.2 Å². The number of benzene rings is 1. The molecule has 2 heterocycles. The number of carbonyl (C=O) groups excluding carboxylic acids is 1. The highest BCUT2D eigenvalue weighted by Crippen LogP contribution is 2.37. The summed E-state index contributed by atoms with van der Waals surface area (Å²) >= 11 is 0. The topological polar surface area (TPSA) is 121 Å². The average molecular weight is 583 g/mol. The highest BCUT2D eigenvalue weighted by molar-refractivity contribution is 7.92. The second-order valence-corrected chi connectivity index (χ2v) is 18.3. The molecule has 1 saturated carbocycles. The lowest BCUT2D eigenvalue weighted by atomic mass is 10.1. The molecule has 9 nitrogen and oxygen atoms in total. The molecule has 1 aromatic heterocycles. The molecule has 2 aliphatic rings. The predicted octanol–water partition coefficient (Wildman–Crippen LogP) is 3.97. The zero-order chi connectivity index (χ0) is 28.4. The molecule has 1 aliphatic heterocycles. The molecule has 39 heavy (non-hydrogen) atoms. The second-order valence-electron chi connectivity index (χ2n) is 11.2. The first kappa shape index (κ1) is 29.2. The minimum absolute atomic E-state index is 0.0499. The number of halogens is 2. The summed E-state index contributed by atoms with van der Waals surface area (Å²) in [5.74, 6) is -1.72. The van der Waals surface area contributed by atoms with Gasteiger partial charge in [-0.25, -0.2) is 17.2 Å². The number of nitrogens with one attached hydrogen (secondary N) is 2. The van der Waals surface area contributed by atoms with Crippen molar-refractivity contribution < 1.29 is 27.1 Å². The van der Waals surface area contributed by atoms with Gasteiger partial charge >= 0.3 is 0 Å². The zero-order valence-electron chi connectivity index (χ0n) is 22.2. The van der Waals surface area contributed by atoms with Crippen LogP contribution in [0.5, 0.6) is 0 Å². The summed E-state index contributed by atoms with van der Waals surface area (Å²) in [7, 11) is -5.11. The van der Waals surface area contributed by atoms with E-state index < -0.39 is 54.3 Å². The number of carbonyl (C=O) groups is 1. The van der Waals surface area contributed by atoms with Crippen molar-refractivity contribution in [1.82, 2.24) is 4.57 Å². The largest absolute Gasteiger partial charge is 0.395 e. The van der Waals surface area contributed by atoms with Gasteiger partial charge in [-0.05, 0) is 61.7 Å². The third-order valence-corrected chi connectivity index (χ3v) is 12.2. The molecule has 3 N–H and O–H groups in total. The average Bonchev–Trinajstić information content (AvgIpc) is 3.35. The van der Waals surface area contributed by atoms with E-state index in [4.69, 9.17) is 5.11 Å². The Bertz CT molecular complexity index is 1360. The van der Waals surface area contributed by atoms with Gasteiger partial charge in [-0.15, -0.1) is 0 Å². The van der Waals surface area contributed by atoms with Crippen molar-refractivity contribution in [2.75, 3.05) is 40.4 Å². The minimum atomic E-state index is -3.76. The van der Waals surface area contributed by atoms with Crippen molar-refractivity contribution in [3.05, 3.63) is 52.4 Å². The summed E-state index contributed by atoms with van der Waals surface area (Å²) in [6.45, 7) is 5.54. The van der Waals surface area contributed by atoms with Crippen LogP contribution in [0.15, 0.2) is 41.3 Å². The molecule has 0 radical (unpaired) electrons. The summed E-state index contributed by atoms with van der Waals surface area (Å²) in [5.41, 5.74) is 0.706. The van der Waals surface area contributed by atoms with E-state index in [0.717, 1.165) is 25.2 Å². The first-order valence-corrected chi connectivity index (χ1v) is 18.3. The normalized spacial score (nSPS) is 21.2. The fourth-order valence-corrected chi connectivity index (χ4v) is 8.14. The highest BCUT2D eigenvalue weighted by Gasteiger charge is 2.33. The van der Waals surface area contributed by atoms with Crippen molar-refractivity contribution in [3.63, 3.8) is 0 Å². The number of pyridine rings is 1. The van der Waals surface area contributed by atoms with Gasteiger partial charge in [-0.1, -0.05) is 13.1 Å². The third-order valence-electron chi connectivity index (χ3n) is 7.75. The number of aliphatic hydroxyl groups is 1. The molecule has 1 amide bonds. The molecule has 1 aromatic carbocycles. The molecule has 2 aromatic rings. The van der Waals surface area contributed by atoms with E-state index >= 15 is 0 Å². The first-order valence-electron chi connectivity index (χ1n) is 13.2. The number of hydrogen-bond donors (Lipinski definition) is 3. The van der Waals surface area contributed by atoms with Crippen LogP contribution in [-0.4, -0.2) is 63.9 Å². The molecule has 2 fully saturated rings. The van der Waals surface area contributed by atoms with Crippen LogP contribution in [0.4, 0.5) is 25.8 Å². The monoisotopic (exact) mass is 582 g/mol. The van der Waals surface area contributed by atoms with Crippen LogP contribution < -0.4 is 20.5 Å². The Labute approximate surface area is 228 Å². The standard InChI is InChI=1S/C26H36F2N4O5SSi/c1-39(2)14-10-31(11-15-39)23-17-19(30-38(36,37)13-12-33)6-8-21(23)25(34)29-22-4-3-9-32(26(22)35)20-7-5-18(16-20)24(27)28/h3-4,6,8-9,17-18,20,24,30,33H,5,7,10-16H2,1-2H3,(H,29,34)/t18-,20+/m1/s1. The molecule has 214 valence electrons. The van der Waals surface area contributed by atoms with Crippen molar-refractivity contribution >= 4 is 41.1 Å². The van der Waals surface area contributed by atoms with Crippen LogP contribution >= 0.6 is 0 Å². The van der Waals surface area contributed by atoms with Crippen LogP contribution in [0.2, 0.25) is 25.2 Å². The molecular formula is C26H36F2N4O5SSi. The molecular weight excluding hydrogens is 546 g/mol. The van der Waals surface area contributed by atoms with Gasteiger partial charge in [0.2, 0.25) is 16.4 Å². The van der Waals surface area contributed by atoms with E-state index in [1.54, 1.807) is 18.3 Å². The lowest BCUT2D eigenvalue weighted by Gasteiger charge is -2.38. The summed E-state index contributed by atoms with van der Waals surface area (Å²) in [5, 5.41) is 11.8. The second kappa shape index (κ2) is 11.8. The van der Waals surface area contributed by atoms with Crippen molar-refractivity contribution in [2.45, 2.75) is 56.9 Å². The van der Waals surface area contributed by atoms with Gasteiger partial charge in [0.1, 0.15) is 5.69 Å². The van der Waals surface area contributed by atoms with E-state index in [9.17, 15) is 26.8 Å². The smallest absolute Gasteiger partial charge is 0.274 e. The number of rotatable bonds is 9. The maximum absolute atomic E-state index is 13.5. The van der Waals surface area contributed by atoms with Crippen LogP contribution in [0.25, 0.3) is 0 Å². The Hall–Kier alpha value is -2.77. The minimum Gasteiger partial charge on any atom is -0.395 e. The summed E-state index contributed by atoms with van der Waals surface area (Å²) in [6, 6.07) is 9.38. The maximum atomic E-state index is 13.5. The molecule has 13 heteroatoms. The zero-order valence-corrected chi connectivity index (χ0v) is 24.0. The molecule has 4 rings (SSSR count). The molecule has 0 unspecified atom stereocenters. The number of amides is 1. The molecule has 2 atom stereocenters. The number of sulfonamides is 1. The van der Waals surface area contributed by atoms with E-state index in [1.807, 2.05) is 0 Å². The van der Waals surface area contributed by atoms with E-state index in [-0.39, 0.29) is 29.4 Å². The van der Waals surface area contributed by atoms with Crippen LogP contribution in [0.1, 0.15) is 35.7 Å². The summed E-state index contributed by atoms with van der Waals surface area (Å²) < 4.78 is 54.7. The predicted molar refractivity (Wildman–Crippen MR) is 151 cm³/mol. The van der Waals surface area contributed by atoms with Crippen molar-refractivity contribution in [3.8, 4) is 0 Å². The van der Waals surface area contributed by atoms with Gasteiger partial charge in [0.15, 0.2) is 0 Å². The highest BCUT2D eigenvalue weighted by atomic mass is 32.2. The van der Waals surface area contributed by atoms with Gasteiger partial charge in [-0.2, -0.15) is 0 Å². The molecule has 0 bridgehead atoms. The van der Waals surface area contributed by atoms with Crippen molar-refractivity contribution in [2.24, 2.45) is 5.92 Å². The first-order chi connectivity index (χ1) is 18.4. The van der Waals surface area contributed by atoms with Gasteiger partial charge in [0.25, 0.3) is 11.5 Å². The summed E-state index contributed by atoms with van der Waals surface area (Å²) in [6.07, 6.45) is 0.166. The lowest BCUT2D eigenvalue weighted by molar-refractivity contribution is 0.0786. The number of aliphatic hydroxyl groups excluding tert-OH is 1.